The molecule has 0 unspecified atom stereocenters. The van der Waals surface area contributed by atoms with E-state index >= 15 is 0 Å². The van der Waals surface area contributed by atoms with Gasteiger partial charge in [-0.05, 0) is 48.6 Å². The molecule has 1 amide bonds. The van der Waals surface area contributed by atoms with Gasteiger partial charge in [0, 0.05) is 23.5 Å². The highest BCUT2D eigenvalue weighted by molar-refractivity contribution is 9.10. The van der Waals surface area contributed by atoms with Gasteiger partial charge in [-0.25, -0.2) is 0 Å². The van der Waals surface area contributed by atoms with E-state index in [1.807, 2.05) is 29.2 Å². The monoisotopic (exact) mass is 373 g/mol. The lowest BCUT2D eigenvalue weighted by atomic mass is 10.1. The van der Waals surface area contributed by atoms with Gasteiger partial charge in [-0.1, -0.05) is 46.3 Å². The van der Waals surface area contributed by atoms with Crippen molar-refractivity contribution in [1.29, 1.82) is 0 Å². The molecule has 0 atom stereocenters. The molecular weight excluding hydrogens is 354 g/mol. The van der Waals surface area contributed by atoms with Crippen LogP contribution in [0.1, 0.15) is 30.4 Å². The summed E-state index contributed by atoms with van der Waals surface area (Å²) in [4.78, 5) is 14.6. The highest BCUT2D eigenvalue weighted by Crippen LogP contribution is 2.30. The summed E-state index contributed by atoms with van der Waals surface area (Å²) < 4.78 is 1.03. The first kappa shape index (κ1) is 16.1. The van der Waals surface area contributed by atoms with Crippen LogP contribution >= 0.6 is 15.9 Å². The molecule has 2 aromatic rings. The maximum atomic E-state index is 12.6. The highest BCUT2D eigenvalue weighted by Gasteiger charge is 2.32. The summed E-state index contributed by atoms with van der Waals surface area (Å²) in [6.45, 7) is 0.656. The Morgan fingerprint density at radius 1 is 1.17 bits per heavy atom. The van der Waals surface area contributed by atoms with Gasteiger partial charge in [0.25, 0.3) is 0 Å². The molecule has 1 aliphatic rings. The van der Waals surface area contributed by atoms with Crippen molar-refractivity contribution in [3.8, 4) is 5.75 Å². The minimum Gasteiger partial charge on any atom is -0.508 e. The minimum atomic E-state index is 0.163. The minimum absolute atomic E-state index is 0.163. The largest absolute Gasteiger partial charge is 0.508 e. The van der Waals surface area contributed by atoms with Crippen LogP contribution in [0.4, 0.5) is 0 Å². The summed E-state index contributed by atoms with van der Waals surface area (Å²) in [5.41, 5.74) is 1.97. The Morgan fingerprint density at radius 2 is 1.96 bits per heavy atom. The number of hydrogen-bond donors (Lipinski definition) is 1. The van der Waals surface area contributed by atoms with Gasteiger partial charge in [0.2, 0.25) is 5.91 Å². The summed E-state index contributed by atoms with van der Waals surface area (Å²) >= 11 is 3.48. The van der Waals surface area contributed by atoms with E-state index in [-0.39, 0.29) is 11.7 Å². The smallest absolute Gasteiger partial charge is 0.223 e. The van der Waals surface area contributed by atoms with Gasteiger partial charge in [-0.15, -0.1) is 0 Å². The molecule has 0 spiro atoms. The second kappa shape index (κ2) is 7.18. The number of carbonyl (C=O) groups excluding carboxylic acids is 1. The van der Waals surface area contributed by atoms with Crippen molar-refractivity contribution >= 4 is 21.8 Å². The number of hydrogen-bond acceptors (Lipinski definition) is 2. The third-order valence-electron chi connectivity index (χ3n) is 4.15. The van der Waals surface area contributed by atoms with Crippen molar-refractivity contribution < 1.29 is 9.90 Å². The lowest BCUT2D eigenvalue weighted by Crippen LogP contribution is -2.32. The predicted molar refractivity (Wildman–Crippen MR) is 94.1 cm³/mol. The standard InChI is InChI=1S/C19H20BrNO2/c20-16-6-3-4-14(12-16)13-21(17-9-10-17)19(23)11-8-15-5-1-2-7-18(15)22/h1-7,12,17,22H,8-11,13H2. The first-order valence-corrected chi connectivity index (χ1v) is 8.73. The van der Waals surface area contributed by atoms with Gasteiger partial charge in [-0.3, -0.25) is 4.79 Å². The number of phenolic OH excluding ortho intramolecular Hbond substituents is 1. The van der Waals surface area contributed by atoms with Crippen molar-refractivity contribution in [3.63, 3.8) is 0 Å². The van der Waals surface area contributed by atoms with Crippen LogP contribution in [0.15, 0.2) is 53.0 Å². The number of phenols is 1. The van der Waals surface area contributed by atoms with E-state index in [0.717, 1.165) is 28.4 Å². The molecule has 120 valence electrons. The van der Waals surface area contributed by atoms with Gasteiger partial charge in [0.15, 0.2) is 0 Å². The molecule has 2 aromatic carbocycles. The van der Waals surface area contributed by atoms with Crippen LogP contribution in [0.5, 0.6) is 5.75 Å². The third kappa shape index (κ3) is 4.35. The first-order valence-electron chi connectivity index (χ1n) is 7.94. The zero-order valence-electron chi connectivity index (χ0n) is 12.9. The number of carbonyl (C=O) groups is 1. The highest BCUT2D eigenvalue weighted by atomic mass is 79.9. The van der Waals surface area contributed by atoms with Crippen molar-refractivity contribution in [1.82, 2.24) is 4.90 Å². The molecule has 3 nitrogen and oxygen atoms in total. The Balaban J connectivity index is 1.64. The Morgan fingerprint density at radius 3 is 2.65 bits per heavy atom. The number of rotatable bonds is 6. The first-order chi connectivity index (χ1) is 11.1. The fourth-order valence-electron chi connectivity index (χ4n) is 2.75. The second-order valence-corrected chi connectivity index (χ2v) is 6.93. The van der Waals surface area contributed by atoms with Crippen molar-refractivity contribution in [2.24, 2.45) is 0 Å². The van der Waals surface area contributed by atoms with E-state index in [9.17, 15) is 9.90 Å². The van der Waals surface area contributed by atoms with Gasteiger partial charge in [-0.2, -0.15) is 0 Å². The molecule has 4 heteroatoms. The van der Waals surface area contributed by atoms with Crippen LogP contribution in [0.3, 0.4) is 0 Å². The molecule has 1 fully saturated rings. The maximum Gasteiger partial charge on any atom is 0.223 e. The average Bonchev–Trinajstić information content (AvgIpc) is 3.36. The van der Waals surface area contributed by atoms with E-state index < -0.39 is 0 Å². The number of halogens is 1. The average molecular weight is 374 g/mol. The van der Waals surface area contributed by atoms with Crippen LogP contribution in [-0.4, -0.2) is 22.0 Å². The van der Waals surface area contributed by atoms with E-state index in [1.54, 1.807) is 12.1 Å². The molecule has 3 rings (SSSR count). The van der Waals surface area contributed by atoms with Crippen LogP contribution < -0.4 is 0 Å². The number of benzene rings is 2. The molecule has 0 aliphatic heterocycles. The number of amides is 1. The Bertz CT molecular complexity index is 697. The Kier molecular flexibility index (Phi) is 5.01. The molecular formula is C19H20BrNO2. The van der Waals surface area contributed by atoms with E-state index in [1.165, 1.54) is 0 Å². The molecule has 23 heavy (non-hydrogen) atoms. The molecule has 0 bridgehead atoms. The van der Waals surface area contributed by atoms with E-state index in [4.69, 9.17) is 0 Å². The van der Waals surface area contributed by atoms with Crippen molar-refractivity contribution in [2.45, 2.75) is 38.3 Å². The summed E-state index contributed by atoms with van der Waals surface area (Å²) in [7, 11) is 0. The fourth-order valence-corrected chi connectivity index (χ4v) is 3.19. The van der Waals surface area contributed by atoms with E-state index in [2.05, 4.69) is 28.1 Å². The van der Waals surface area contributed by atoms with Crippen molar-refractivity contribution in [2.75, 3.05) is 0 Å². The molecule has 1 saturated carbocycles. The Labute approximate surface area is 145 Å². The normalized spacial score (nSPS) is 13.8. The third-order valence-corrected chi connectivity index (χ3v) is 4.64. The van der Waals surface area contributed by atoms with Gasteiger partial charge >= 0.3 is 0 Å². The van der Waals surface area contributed by atoms with Crippen molar-refractivity contribution in [3.05, 3.63) is 64.1 Å². The van der Waals surface area contributed by atoms with Gasteiger partial charge in [0.05, 0.1) is 0 Å². The van der Waals surface area contributed by atoms with Crippen LogP contribution in [0.25, 0.3) is 0 Å². The van der Waals surface area contributed by atoms with Crippen LogP contribution in [-0.2, 0) is 17.8 Å². The van der Waals surface area contributed by atoms with Gasteiger partial charge in [0.1, 0.15) is 5.75 Å². The summed E-state index contributed by atoms with van der Waals surface area (Å²) in [6.07, 6.45) is 3.20. The maximum absolute atomic E-state index is 12.6. The SMILES string of the molecule is O=C(CCc1ccccc1O)N(Cc1cccc(Br)c1)C1CC1. The molecule has 0 aromatic heterocycles. The van der Waals surface area contributed by atoms with Crippen LogP contribution in [0.2, 0.25) is 0 Å². The molecule has 1 N–H and O–H groups in total. The topological polar surface area (TPSA) is 40.5 Å². The molecule has 0 saturated heterocycles. The Hall–Kier alpha value is -1.81. The number of nitrogens with zero attached hydrogens (tertiary/aromatic N) is 1. The lowest BCUT2D eigenvalue weighted by Gasteiger charge is -2.23. The lowest BCUT2D eigenvalue weighted by molar-refractivity contribution is -0.132. The molecule has 0 radical (unpaired) electrons. The zero-order chi connectivity index (χ0) is 16.2. The predicted octanol–water partition coefficient (Wildman–Crippen LogP) is 4.28. The fraction of sp³-hybridized carbons (Fsp3) is 0.316. The summed E-state index contributed by atoms with van der Waals surface area (Å²) in [6, 6.07) is 15.7. The number of aromatic hydroxyl groups is 1. The quantitative estimate of drug-likeness (QED) is 0.820. The molecule has 1 aliphatic carbocycles. The van der Waals surface area contributed by atoms with E-state index in [0.29, 0.717) is 25.4 Å². The second-order valence-electron chi connectivity index (χ2n) is 6.01. The van der Waals surface area contributed by atoms with Crippen LogP contribution in [0, 0.1) is 0 Å². The number of para-hydroxylation sites is 1. The summed E-state index contributed by atoms with van der Waals surface area (Å²) in [5, 5.41) is 9.82. The molecule has 0 heterocycles. The zero-order valence-corrected chi connectivity index (χ0v) is 14.5. The summed E-state index contributed by atoms with van der Waals surface area (Å²) in [5.74, 6) is 0.431. The van der Waals surface area contributed by atoms with Gasteiger partial charge < -0.3 is 10.0 Å². The number of aryl methyl sites for hydroxylation is 1.